The Bertz CT molecular complexity index is 2320. The molecule has 0 N–H and O–H groups in total. The quantitative estimate of drug-likeness (QED) is 0.184. The first kappa shape index (κ1) is 26.6. The molecule has 214 valence electrons. The molecule has 0 unspecified atom stereocenters. The largest absolute Gasteiger partial charge is 0.307 e. The Morgan fingerprint density at radius 2 is 1.13 bits per heavy atom. The standard InChI is InChI=1S/C41H30N4/c1-3-4-22-32-28(2)44(41-42-36(29-16-8-5-9-17-29)27-37(43-41)30-18-10-6-11-19-30)39-34(32)25-26-35-33-23-14-15-24-38(33)45(40(35)39)31-20-12-7-13-21-31/h3-27H,1H2,2H3/b22-4-. The molecule has 0 atom stereocenters. The number of hydrogen-bond acceptors (Lipinski definition) is 2. The summed E-state index contributed by atoms with van der Waals surface area (Å²) in [7, 11) is 0. The fourth-order valence-corrected chi connectivity index (χ4v) is 6.48. The normalized spacial score (nSPS) is 11.7. The Kier molecular flexibility index (Phi) is 6.46. The zero-order chi connectivity index (χ0) is 30.3. The highest BCUT2D eigenvalue weighted by molar-refractivity contribution is 6.19. The van der Waals surface area contributed by atoms with Crippen LogP contribution in [-0.4, -0.2) is 19.1 Å². The molecule has 8 aromatic rings. The molecule has 0 aliphatic carbocycles. The first-order chi connectivity index (χ1) is 22.2. The van der Waals surface area contributed by atoms with Crippen LogP contribution in [0.25, 0.3) is 72.9 Å². The number of nitrogens with zero attached hydrogens (tertiary/aromatic N) is 4. The van der Waals surface area contributed by atoms with E-state index in [1.807, 2.05) is 24.3 Å². The highest BCUT2D eigenvalue weighted by Crippen LogP contribution is 2.41. The number of aromatic nitrogens is 4. The van der Waals surface area contributed by atoms with Crippen LogP contribution in [0.2, 0.25) is 0 Å². The van der Waals surface area contributed by atoms with Gasteiger partial charge < -0.3 is 4.57 Å². The van der Waals surface area contributed by atoms with E-state index in [1.54, 1.807) is 0 Å². The average Bonchev–Trinajstić information content (AvgIpc) is 3.59. The lowest BCUT2D eigenvalue weighted by molar-refractivity contribution is 0.932. The fraction of sp³-hybridized carbons (Fsp3) is 0.0244. The van der Waals surface area contributed by atoms with Crippen molar-refractivity contribution in [3.05, 3.63) is 163 Å². The lowest BCUT2D eigenvalue weighted by atomic mass is 10.1. The summed E-state index contributed by atoms with van der Waals surface area (Å²) in [6.07, 6.45) is 5.96. The molecular formula is C41H30N4. The Hall–Kier alpha value is -6.00. The van der Waals surface area contributed by atoms with E-state index in [0.29, 0.717) is 5.95 Å². The number of fused-ring (bicyclic) bond motifs is 5. The van der Waals surface area contributed by atoms with Crippen LogP contribution in [0.4, 0.5) is 0 Å². The second kappa shape index (κ2) is 10.9. The lowest BCUT2D eigenvalue weighted by Gasteiger charge is -2.14. The molecule has 5 aromatic carbocycles. The maximum absolute atomic E-state index is 5.27. The highest BCUT2D eigenvalue weighted by Gasteiger charge is 2.23. The van der Waals surface area contributed by atoms with Crippen molar-refractivity contribution >= 4 is 38.8 Å². The molecule has 0 saturated carbocycles. The van der Waals surface area contributed by atoms with Gasteiger partial charge in [-0.2, -0.15) is 0 Å². The van der Waals surface area contributed by atoms with Gasteiger partial charge in [-0.1, -0.05) is 134 Å². The molecule has 3 aromatic heterocycles. The molecule has 0 amide bonds. The van der Waals surface area contributed by atoms with Crippen LogP contribution in [0.1, 0.15) is 11.3 Å². The van der Waals surface area contributed by atoms with E-state index in [9.17, 15) is 0 Å². The Labute approximate surface area is 261 Å². The molecule has 0 aliphatic heterocycles. The summed E-state index contributed by atoms with van der Waals surface area (Å²) in [6.45, 7) is 6.11. The smallest absolute Gasteiger partial charge is 0.235 e. The zero-order valence-corrected chi connectivity index (χ0v) is 24.9. The van der Waals surface area contributed by atoms with Gasteiger partial charge in [-0.15, -0.1) is 0 Å². The first-order valence-electron chi connectivity index (χ1n) is 15.1. The molecule has 45 heavy (non-hydrogen) atoms. The van der Waals surface area contributed by atoms with Gasteiger partial charge in [0.05, 0.1) is 27.9 Å². The van der Waals surface area contributed by atoms with E-state index >= 15 is 0 Å². The number of rotatable bonds is 6. The maximum atomic E-state index is 5.27. The van der Waals surface area contributed by atoms with E-state index in [-0.39, 0.29) is 0 Å². The minimum Gasteiger partial charge on any atom is -0.307 e. The van der Waals surface area contributed by atoms with Crippen LogP contribution in [-0.2, 0) is 0 Å². The van der Waals surface area contributed by atoms with Crippen molar-refractivity contribution in [3.8, 4) is 34.2 Å². The Morgan fingerprint density at radius 3 is 1.78 bits per heavy atom. The maximum Gasteiger partial charge on any atom is 0.235 e. The van der Waals surface area contributed by atoms with Gasteiger partial charge >= 0.3 is 0 Å². The van der Waals surface area contributed by atoms with Crippen LogP contribution in [0.5, 0.6) is 0 Å². The van der Waals surface area contributed by atoms with Crippen LogP contribution in [0.15, 0.2) is 152 Å². The number of para-hydroxylation sites is 2. The van der Waals surface area contributed by atoms with Crippen LogP contribution in [0, 0.1) is 6.92 Å². The summed E-state index contributed by atoms with van der Waals surface area (Å²) < 4.78 is 4.63. The van der Waals surface area contributed by atoms with Gasteiger partial charge in [-0.3, -0.25) is 4.57 Å². The van der Waals surface area contributed by atoms with Gasteiger partial charge in [-0.05, 0) is 31.2 Å². The van der Waals surface area contributed by atoms with Gasteiger partial charge in [-0.25, -0.2) is 9.97 Å². The summed E-state index contributed by atoms with van der Waals surface area (Å²) in [5.74, 6) is 0.633. The second-order valence-electron chi connectivity index (χ2n) is 11.1. The van der Waals surface area contributed by atoms with Crippen LogP contribution < -0.4 is 0 Å². The van der Waals surface area contributed by atoms with E-state index in [1.165, 1.54) is 10.8 Å². The Morgan fingerprint density at radius 1 is 0.578 bits per heavy atom. The second-order valence-corrected chi connectivity index (χ2v) is 11.1. The SMILES string of the molecule is C=C/C=C\c1c(C)n(-c2nc(-c3ccccc3)cc(-c3ccccc3)n2)c2c1ccc1c3ccccc3n(-c3ccccc3)c12. The van der Waals surface area contributed by atoms with Crippen molar-refractivity contribution in [1.82, 2.24) is 19.1 Å². The minimum absolute atomic E-state index is 0.633. The number of benzene rings is 5. The third-order valence-electron chi connectivity index (χ3n) is 8.52. The molecule has 4 nitrogen and oxygen atoms in total. The highest BCUT2D eigenvalue weighted by atomic mass is 15.2. The predicted octanol–water partition coefficient (Wildman–Crippen LogP) is 10.4. The van der Waals surface area contributed by atoms with Crippen molar-refractivity contribution in [2.75, 3.05) is 0 Å². The third kappa shape index (κ3) is 4.38. The summed E-state index contributed by atoms with van der Waals surface area (Å²) in [6, 6.07) is 46.5. The van der Waals surface area contributed by atoms with Gasteiger partial charge in [0.15, 0.2) is 0 Å². The number of hydrogen-bond donors (Lipinski definition) is 0. The summed E-state index contributed by atoms with van der Waals surface area (Å²) in [5, 5.41) is 3.52. The minimum atomic E-state index is 0.633. The van der Waals surface area contributed by atoms with Crippen molar-refractivity contribution in [2.24, 2.45) is 0 Å². The molecule has 0 saturated heterocycles. The van der Waals surface area contributed by atoms with E-state index in [0.717, 1.165) is 61.4 Å². The zero-order valence-electron chi connectivity index (χ0n) is 24.9. The van der Waals surface area contributed by atoms with Crippen LogP contribution in [0.3, 0.4) is 0 Å². The molecule has 3 heterocycles. The van der Waals surface area contributed by atoms with E-state index in [4.69, 9.17) is 9.97 Å². The summed E-state index contributed by atoms with van der Waals surface area (Å²) in [4.78, 5) is 10.5. The van der Waals surface area contributed by atoms with Crippen molar-refractivity contribution < 1.29 is 0 Å². The van der Waals surface area contributed by atoms with Gasteiger partial charge in [0.1, 0.15) is 0 Å². The van der Waals surface area contributed by atoms with Gasteiger partial charge in [0.2, 0.25) is 5.95 Å². The lowest BCUT2D eigenvalue weighted by Crippen LogP contribution is -2.06. The monoisotopic (exact) mass is 578 g/mol. The number of allylic oxidation sites excluding steroid dienone is 2. The molecular weight excluding hydrogens is 548 g/mol. The van der Waals surface area contributed by atoms with Crippen molar-refractivity contribution in [3.63, 3.8) is 0 Å². The molecule has 0 aliphatic rings. The average molecular weight is 579 g/mol. The molecule has 0 spiro atoms. The molecule has 0 bridgehead atoms. The molecule has 0 radical (unpaired) electrons. The molecule has 8 rings (SSSR count). The van der Waals surface area contributed by atoms with Crippen molar-refractivity contribution in [1.29, 1.82) is 0 Å². The van der Waals surface area contributed by atoms with Crippen LogP contribution >= 0.6 is 0 Å². The summed E-state index contributed by atoms with van der Waals surface area (Å²) >= 11 is 0. The first-order valence-corrected chi connectivity index (χ1v) is 15.1. The van der Waals surface area contributed by atoms with Crippen molar-refractivity contribution in [2.45, 2.75) is 6.92 Å². The van der Waals surface area contributed by atoms with E-state index < -0.39 is 0 Å². The molecule has 0 fully saturated rings. The third-order valence-corrected chi connectivity index (χ3v) is 8.52. The topological polar surface area (TPSA) is 35.6 Å². The van der Waals surface area contributed by atoms with Gasteiger partial charge in [0.25, 0.3) is 0 Å². The summed E-state index contributed by atoms with van der Waals surface area (Å²) in [5.41, 5.74) is 10.5. The predicted molar refractivity (Wildman–Crippen MR) is 188 cm³/mol. The van der Waals surface area contributed by atoms with E-state index in [2.05, 4.69) is 150 Å². The molecule has 4 heteroatoms. The van der Waals surface area contributed by atoms with Gasteiger partial charge in [0, 0.05) is 44.2 Å². The Balaban J connectivity index is 1.55. The fourth-order valence-electron chi connectivity index (χ4n) is 6.48.